The Morgan fingerprint density at radius 3 is 2.27 bits per heavy atom. The number of morpholine rings is 1. The number of benzene rings is 3. The van der Waals surface area contributed by atoms with Gasteiger partial charge >= 0.3 is 5.97 Å². The molecular formula is C32H30N2O7. The third-order valence-corrected chi connectivity index (χ3v) is 6.20. The van der Waals surface area contributed by atoms with Crippen LogP contribution in [0.3, 0.4) is 0 Å². The van der Waals surface area contributed by atoms with Gasteiger partial charge in [0.25, 0.3) is 5.91 Å². The molecule has 3 aromatic rings. The summed E-state index contributed by atoms with van der Waals surface area (Å²) in [6, 6.07) is 21.9. The fraction of sp³-hybridized carbons (Fsp3) is 0.219. The lowest BCUT2D eigenvalue weighted by Gasteiger charge is -2.26. The van der Waals surface area contributed by atoms with E-state index in [1.54, 1.807) is 54.5 Å². The number of hydrogen-bond donors (Lipinski definition) is 0. The summed E-state index contributed by atoms with van der Waals surface area (Å²) < 4.78 is 27.5. The predicted molar refractivity (Wildman–Crippen MR) is 152 cm³/mol. The van der Waals surface area contributed by atoms with Crippen LogP contribution in [0.4, 0.5) is 0 Å². The summed E-state index contributed by atoms with van der Waals surface area (Å²) in [6.07, 6.45) is 4.37. The lowest BCUT2D eigenvalue weighted by Crippen LogP contribution is -2.41. The Labute approximate surface area is 238 Å². The van der Waals surface area contributed by atoms with E-state index < -0.39 is 5.97 Å². The average molecular weight is 555 g/mol. The first-order valence-electron chi connectivity index (χ1n) is 12.9. The number of carbonyl (C=O) groups excluding carboxylic acids is 2. The highest BCUT2D eigenvalue weighted by atomic mass is 16.6. The molecule has 41 heavy (non-hydrogen) atoms. The van der Waals surface area contributed by atoms with Crippen LogP contribution < -0.4 is 18.9 Å². The van der Waals surface area contributed by atoms with Gasteiger partial charge in [0.15, 0.2) is 23.0 Å². The molecule has 0 aromatic heterocycles. The largest absolute Gasteiger partial charge is 0.493 e. The maximum Gasteiger partial charge on any atom is 0.336 e. The van der Waals surface area contributed by atoms with Gasteiger partial charge in [-0.3, -0.25) is 4.79 Å². The number of carbonyl (C=O) groups is 2. The summed E-state index contributed by atoms with van der Waals surface area (Å²) in [5.41, 5.74) is 2.30. The van der Waals surface area contributed by atoms with E-state index in [2.05, 4.69) is 0 Å². The van der Waals surface area contributed by atoms with Gasteiger partial charge in [-0.05, 0) is 53.1 Å². The molecule has 0 aliphatic carbocycles. The summed E-state index contributed by atoms with van der Waals surface area (Å²) in [6.45, 7) is 2.14. The van der Waals surface area contributed by atoms with E-state index >= 15 is 0 Å². The fourth-order valence-electron chi connectivity index (χ4n) is 4.05. The number of rotatable bonds is 10. The molecule has 9 nitrogen and oxygen atoms in total. The first-order valence-corrected chi connectivity index (χ1v) is 12.9. The van der Waals surface area contributed by atoms with Crippen LogP contribution in [0.5, 0.6) is 23.0 Å². The first kappa shape index (κ1) is 28.9. The fourth-order valence-corrected chi connectivity index (χ4v) is 4.05. The minimum absolute atomic E-state index is 0.00598. The third-order valence-electron chi connectivity index (χ3n) is 6.20. The molecule has 1 aliphatic rings. The molecule has 3 aromatic carbocycles. The molecule has 1 saturated heterocycles. The molecule has 0 unspecified atom stereocenters. The van der Waals surface area contributed by atoms with E-state index in [1.165, 1.54) is 19.3 Å². The van der Waals surface area contributed by atoms with Crippen LogP contribution in [0.1, 0.15) is 16.7 Å². The summed E-state index contributed by atoms with van der Waals surface area (Å²) >= 11 is 0. The van der Waals surface area contributed by atoms with Gasteiger partial charge in [0, 0.05) is 19.2 Å². The minimum atomic E-state index is -0.616. The molecule has 0 saturated carbocycles. The van der Waals surface area contributed by atoms with Crippen molar-refractivity contribution in [1.29, 1.82) is 5.26 Å². The Kier molecular flexibility index (Phi) is 10.1. The zero-order valence-electron chi connectivity index (χ0n) is 22.9. The topological polar surface area (TPSA) is 107 Å². The zero-order valence-corrected chi connectivity index (χ0v) is 22.9. The van der Waals surface area contributed by atoms with E-state index in [4.69, 9.17) is 23.7 Å². The van der Waals surface area contributed by atoms with Gasteiger partial charge in [0.2, 0.25) is 0 Å². The summed E-state index contributed by atoms with van der Waals surface area (Å²) in [4.78, 5) is 26.9. The molecular weight excluding hydrogens is 524 g/mol. The van der Waals surface area contributed by atoms with E-state index in [0.717, 1.165) is 5.56 Å². The van der Waals surface area contributed by atoms with E-state index in [-0.39, 0.29) is 23.0 Å². The second-order valence-electron chi connectivity index (χ2n) is 8.92. The number of amides is 1. The average Bonchev–Trinajstić information content (AvgIpc) is 3.02. The van der Waals surface area contributed by atoms with Crippen LogP contribution in [0.2, 0.25) is 0 Å². The summed E-state index contributed by atoms with van der Waals surface area (Å²) in [7, 11) is 2.99. The van der Waals surface area contributed by atoms with E-state index in [9.17, 15) is 14.9 Å². The smallest absolute Gasteiger partial charge is 0.336 e. The number of esters is 1. The van der Waals surface area contributed by atoms with Crippen molar-refractivity contribution in [1.82, 2.24) is 4.90 Å². The Hall–Kier alpha value is -5.07. The van der Waals surface area contributed by atoms with Crippen LogP contribution in [0, 0.1) is 11.3 Å². The number of hydrogen-bond acceptors (Lipinski definition) is 8. The molecule has 1 fully saturated rings. The third kappa shape index (κ3) is 7.97. The standard InChI is InChI=1S/C32H30N2O7/c1-37-29-19-23(8-11-27(29)40-22-24-6-4-3-5-7-24)10-13-31(35)41-28-12-9-25(20-30(28)38-2)18-26(21-33)32(36)34-14-16-39-17-15-34/h3-13,18-20H,14-17,22H2,1-2H3/b13-10+,26-18+. The number of nitriles is 1. The van der Waals surface area contributed by atoms with Crippen LogP contribution in [0.25, 0.3) is 12.2 Å². The molecule has 1 aliphatic heterocycles. The van der Waals surface area contributed by atoms with E-state index in [0.29, 0.717) is 55.5 Å². The van der Waals surface area contributed by atoms with Crippen molar-refractivity contribution >= 4 is 24.0 Å². The SMILES string of the molecule is COc1cc(/C=C/C(=O)Oc2ccc(/C=C(\C#N)C(=O)N3CCOCC3)cc2OC)ccc1OCc1ccccc1. The van der Waals surface area contributed by atoms with Crippen LogP contribution >= 0.6 is 0 Å². The number of ether oxygens (including phenoxy) is 5. The monoisotopic (exact) mass is 554 g/mol. The highest BCUT2D eigenvalue weighted by Crippen LogP contribution is 2.31. The molecule has 4 rings (SSSR count). The van der Waals surface area contributed by atoms with Gasteiger partial charge in [-0.1, -0.05) is 42.5 Å². The second-order valence-corrected chi connectivity index (χ2v) is 8.92. The van der Waals surface area contributed by atoms with Crippen molar-refractivity contribution < 1.29 is 33.3 Å². The molecule has 0 spiro atoms. The normalized spacial score (nSPS) is 13.4. The number of methoxy groups -OCH3 is 2. The van der Waals surface area contributed by atoms with Crippen molar-refractivity contribution in [3.63, 3.8) is 0 Å². The molecule has 0 radical (unpaired) electrons. The minimum Gasteiger partial charge on any atom is -0.493 e. The zero-order chi connectivity index (χ0) is 29.0. The highest BCUT2D eigenvalue weighted by molar-refractivity contribution is 6.01. The molecule has 210 valence electrons. The lowest BCUT2D eigenvalue weighted by atomic mass is 10.1. The second kappa shape index (κ2) is 14.4. The molecule has 0 N–H and O–H groups in total. The van der Waals surface area contributed by atoms with E-state index in [1.807, 2.05) is 36.4 Å². The Balaban J connectivity index is 1.40. The van der Waals surface area contributed by atoms with Gasteiger partial charge < -0.3 is 28.6 Å². The molecule has 9 heteroatoms. The Morgan fingerprint density at radius 2 is 1.56 bits per heavy atom. The maximum absolute atomic E-state index is 12.7. The van der Waals surface area contributed by atoms with Crippen molar-refractivity contribution in [2.75, 3.05) is 40.5 Å². The van der Waals surface area contributed by atoms with Gasteiger partial charge in [-0.15, -0.1) is 0 Å². The van der Waals surface area contributed by atoms with Crippen molar-refractivity contribution in [2.24, 2.45) is 0 Å². The maximum atomic E-state index is 12.7. The quantitative estimate of drug-likeness (QED) is 0.154. The predicted octanol–water partition coefficient (Wildman–Crippen LogP) is 4.67. The van der Waals surface area contributed by atoms with Crippen molar-refractivity contribution in [3.8, 4) is 29.1 Å². The molecule has 1 heterocycles. The van der Waals surface area contributed by atoms with Crippen LogP contribution in [-0.4, -0.2) is 57.3 Å². The number of nitrogens with zero attached hydrogens (tertiary/aromatic N) is 2. The van der Waals surface area contributed by atoms with Crippen LogP contribution in [-0.2, 0) is 20.9 Å². The van der Waals surface area contributed by atoms with Gasteiger partial charge in [-0.25, -0.2) is 4.79 Å². The Bertz CT molecular complexity index is 1470. The first-order chi connectivity index (χ1) is 20.0. The van der Waals surface area contributed by atoms with Gasteiger partial charge in [0.05, 0.1) is 27.4 Å². The lowest BCUT2D eigenvalue weighted by molar-refractivity contribution is -0.130. The molecule has 1 amide bonds. The molecule has 0 atom stereocenters. The van der Waals surface area contributed by atoms with Crippen molar-refractivity contribution in [2.45, 2.75) is 6.61 Å². The van der Waals surface area contributed by atoms with Crippen molar-refractivity contribution in [3.05, 3.63) is 95.1 Å². The molecule has 0 bridgehead atoms. The summed E-state index contributed by atoms with van der Waals surface area (Å²) in [5.74, 6) is 0.613. The van der Waals surface area contributed by atoms with Gasteiger partial charge in [-0.2, -0.15) is 5.26 Å². The Morgan fingerprint density at radius 1 is 0.902 bits per heavy atom. The van der Waals surface area contributed by atoms with Crippen LogP contribution in [0.15, 0.2) is 78.4 Å². The highest BCUT2D eigenvalue weighted by Gasteiger charge is 2.21. The summed E-state index contributed by atoms with van der Waals surface area (Å²) in [5, 5.41) is 9.54. The van der Waals surface area contributed by atoms with Gasteiger partial charge in [0.1, 0.15) is 18.2 Å².